The summed E-state index contributed by atoms with van der Waals surface area (Å²) in [6.07, 6.45) is 0.240. The van der Waals surface area contributed by atoms with Gasteiger partial charge in [0.25, 0.3) is 5.91 Å². The van der Waals surface area contributed by atoms with Crippen LogP contribution in [0.5, 0.6) is 5.75 Å². The summed E-state index contributed by atoms with van der Waals surface area (Å²) in [5.74, 6) is -0.400. The molecule has 130 valence electrons. The van der Waals surface area contributed by atoms with Gasteiger partial charge in [-0.2, -0.15) is 5.26 Å². The SMILES string of the molecule is CN(CCC#N)C(=O)COC(=O)COc1ccc(C(C)(C)C)cc1. The van der Waals surface area contributed by atoms with E-state index in [4.69, 9.17) is 14.7 Å². The summed E-state index contributed by atoms with van der Waals surface area (Å²) in [6.45, 7) is 6.04. The van der Waals surface area contributed by atoms with Crippen LogP contribution >= 0.6 is 0 Å². The fourth-order valence-corrected chi connectivity index (χ4v) is 1.83. The number of nitriles is 1. The van der Waals surface area contributed by atoms with Gasteiger partial charge in [0.15, 0.2) is 13.2 Å². The molecule has 0 heterocycles. The molecule has 0 aromatic heterocycles. The Morgan fingerprint density at radius 2 is 1.79 bits per heavy atom. The van der Waals surface area contributed by atoms with Crippen LogP contribution in [0.4, 0.5) is 0 Å². The molecule has 6 heteroatoms. The maximum atomic E-state index is 11.7. The predicted octanol–water partition coefficient (Wildman–Crippen LogP) is 2.28. The Morgan fingerprint density at radius 1 is 1.17 bits per heavy atom. The van der Waals surface area contributed by atoms with Crippen molar-refractivity contribution in [3.63, 3.8) is 0 Å². The molecule has 0 bridgehead atoms. The molecule has 0 N–H and O–H groups in total. The van der Waals surface area contributed by atoms with E-state index in [9.17, 15) is 9.59 Å². The molecule has 6 nitrogen and oxygen atoms in total. The van der Waals surface area contributed by atoms with Crippen LogP contribution in [0, 0.1) is 11.3 Å². The molecule has 0 atom stereocenters. The highest BCUT2D eigenvalue weighted by Crippen LogP contribution is 2.24. The average molecular weight is 332 g/mol. The van der Waals surface area contributed by atoms with Crippen molar-refractivity contribution in [1.29, 1.82) is 5.26 Å². The van der Waals surface area contributed by atoms with Crippen molar-refractivity contribution in [3.8, 4) is 11.8 Å². The molecule has 0 fully saturated rings. The molecule has 0 aliphatic carbocycles. The summed E-state index contributed by atoms with van der Waals surface area (Å²) in [7, 11) is 1.56. The number of benzene rings is 1. The van der Waals surface area contributed by atoms with Gasteiger partial charge in [0, 0.05) is 13.6 Å². The predicted molar refractivity (Wildman–Crippen MR) is 89.5 cm³/mol. The highest BCUT2D eigenvalue weighted by molar-refractivity contribution is 5.80. The van der Waals surface area contributed by atoms with Crippen LogP contribution in [-0.2, 0) is 19.7 Å². The molecule has 1 aromatic rings. The van der Waals surface area contributed by atoms with Gasteiger partial charge in [-0.05, 0) is 23.1 Å². The average Bonchev–Trinajstić information content (AvgIpc) is 2.55. The minimum Gasteiger partial charge on any atom is -0.482 e. The lowest BCUT2D eigenvalue weighted by Gasteiger charge is -2.19. The Hall–Kier alpha value is -2.55. The van der Waals surface area contributed by atoms with E-state index in [1.807, 2.05) is 18.2 Å². The van der Waals surface area contributed by atoms with Gasteiger partial charge >= 0.3 is 5.97 Å². The number of carbonyl (C=O) groups is 2. The van der Waals surface area contributed by atoms with E-state index in [-0.39, 0.29) is 31.0 Å². The van der Waals surface area contributed by atoms with E-state index in [1.54, 1.807) is 19.2 Å². The number of nitrogens with zero attached hydrogens (tertiary/aromatic N) is 2. The number of ether oxygens (including phenoxy) is 2. The van der Waals surface area contributed by atoms with Gasteiger partial charge in [-0.25, -0.2) is 4.79 Å². The molecule has 0 unspecified atom stereocenters. The molecule has 0 aliphatic heterocycles. The maximum absolute atomic E-state index is 11.7. The molecule has 24 heavy (non-hydrogen) atoms. The number of hydrogen-bond donors (Lipinski definition) is 0. The lowest BCUT2D eigenvalue weighted by Crippen LogP contribution is -2.32. The fraction of sp³-hybridized carbons (Fsp3) is 0.500. The van der Waals surface area contributed by atoms with Crippen molar-refractivity contribution < 1.29 is 19.1 Å². The largest absolute Gasteiger partial charge is 0.482 e. The van der Waals surface area contributed by atoms with E-state index in [2.05, 4.69) is 20.8 Å². The summed E-state index contributed by atoms with van der Waals surface area (Å²) in [5.41, 5.74) is 1.22. The number of hydrogen-bond acceptors (Lipinski definition) is 5. The van der Waals surface area contributed by atoms with Crippen molar-refractivity contribution in [3.05, 3.63) is 29.8 Å². The van der Waals surface area contributed by atoms with Crippen LogP contribution in [-0.4, -0.2) is 43.6 Å². The molecular formula is C18H24N2O4. The zero-order valence-electron chi connectivity index (χ0n) is 14.7. The van der Waals surface area contributed by atoms with Crippen LogP contribution in [0.3, 0.4) is 0 Å². The lowest BCUT2D eigenvalue weighted by atomic mass is 9.87. The van der Waals surface area contributed by atoms with Crippen LogP contribution in [0.1, 0.15) is 32.8 Å². The second-order valence-corrected chi connectivity index (χ2v) is 6.45. The number of likely N-dealkylation sites (N-methyl/N-ethyl adjacent to an activating group) is 1. The van der Waals surface area contributed by atoms with E-state index < -0.39 is 5.97 Å². The van der Waals surface area contributed by atoms with Gasteiger partial charge in [0.2, 0.25) is 0 Å². The number of amides is 1. The van der Waals surface area contributed by atoms with Crippen molar-refractivity contribution in [2.24, 2.45) is 0 Å². The maximum Gasteiger partial charge on any atom is 0.344 e. The van der Waals surface area contributed by atoms with Crippen molar-refractivity contribution >= 4 is 11.9 Å². The Kier molecular flexibility index (Phi) is 7.25. The highest BCUT2D eigenvalue weighted by atomic mass is 16.6. The fourth-order valence-electron chi connectivity index (χ4n) is 1.83. The first-order valence-electron chi connectivity index (χ1n) is 7.74. The molecule has 0 radical (unpaired) electrons. The summed E-state index contributed by atoms with van der Waals surface area (Å²) in [5, 5.41) is 8.46. The van der Waals surface area contributed by atoms with E-state index in [0.29, 0.717) is 12.3 Å². The molecule has 0 saturated carbocycles. The van der Waals surface area contributed by atoms with Crippen molar-refractivity contribution in [2.75, 3.05) is 26.8 Å². The second kappa shape index (κ2) is 8.92. The minimum atomic E-state index is -0.614. The molecule has 0 aliphatic rings. The molecule has 0 saturated heterocycles. The molecular weight excluding hydrogens is 308 g/mol. The number of rotatable bonds is 7. The number of carbonyl (C=O) groups excluding carboxylic acids is 2. The van der Waals surface area contributed by atoms with E-state index in [1.165, 1.54) is 10.5 Å². The lowest BCUT2D eigenvalue weighted by molar-refractivity contribution is -0.153. The standard InChI is InChI=1S/C18H24N2O4/c1-18(2,3)14-6-8-15(9-7-14)23-13-17(22)24-12-16(21)20(4)11-5-10-19/h6-9H,5,11-13H2,1-4H3. The minimum absolute atomic E-state index is 0.0510. The van der Waals surface area contributed by atoms with Crippen molar-refractivity contribution in [2.45, 2.75) is 32.6 Å². The summed E-state index contributed by atoms with van der Waals surface area (Å²) >= 11 is 0. The van der Waals surface area contributed by atoms with Crippen LogP contribution < -0.4 is 4.74 Å². The Labute approximate surface area is 143 Å². The quantitative estimate of drug-likeness (QED) is 0.716. The van der Waals surface area contributed by atoms with Gasteiger partial charge in [-0.15, -0.1) is 0 Å². The molecule has 1 aromatic carbocycles. The molecule has 1 amide bonds. The third-order valence-corrected chi connectivity index (χ3v) is 3.42. The van der Waals surface area contributed by atoms with Crippen molar-refractivity contribution in [1.82, 2.24) is 4.90 Å². The first kappa shape index (κ1) is 19.5. The van der Waals surface area contributed by atoms with Crippen LogP contribution in [0.15, 0.2) is 24.3 Å². The summed E-state index contributed by atoms with van der Waals surface area (Å²) in [4.78, 5) is 24.6. The first-order chi connectivity index (χ1) is 11.2. The summed E-state index contributed by atoms with van der Waals surface area (Å²) in [6, 6.07) is 9.45. The Morgan fingerprint density at radius 3 is 2.33 bits per heavy atom. The third-order valence-electron chi connectivity index (χ3n) is 3.42. The smallest absolute Gasteiger partial charge is 0.344 e. The Bertz CT molecular complexity index is 597. The molecule has 0 spiro atoms. The van der Waals surface area contributed by atoms with Gasteiger partial charge in [0.1, 0.15) is 5.75 Å². The van der Waals surface area contributed by atoms with E-state index in [0.717, 1.165) is 0 Å². The van der Waals surface area contributed by atoms with Gasteiger partial charge < -0.3 is 14.4 Å². The zero-order valence-corrected chi connectivity index (χ0v) is 14.7. The normalized spacial score (nSPS) is 10.6. The highest BCUT2D eigenvalue weighted by Gasteiger charge is 2.14. The topological polar surface area (TPSA) is 79.6 Å². The monoisotopic (exact) mass is 332 g/mol. The summed E-state index contributed by atoms with van der Waals surface area (Å²) < 4.78 is 10.2. The molecule has 1 rings (SSSR count). The second-order valence-electron chi connectivity index (χ2n) is 6.45. The third kappa shape index (κ3) is 6.69. The number of esters is 1. The van der Waals surface area contributed by atoms with Gasteiger partial charge in [0.05, 0.1) is 12.5 Å². The van der Waals surface area contributed by atoms with Crippen LogP contribution in [0.25, 0.3) is 0 Å². The Balaban J connectivity index is 2.36. The van der Waals surface area contributed by atoms with Crippen LogP contribution in [0.2, 0.25) is 0 Å². The zero-order chi connectivity index (χ0) is 18.2. The van der Waals surface area contributed by atoms with Gasteiger partial charge in [-0.1, -0.05) is 32.9 Å². The first-order valence-corrected chi connectivity index (χ1v) is 7.74. The van der Waals surface area contributed by atoms with E-state index >= 15 is 0 Å². The van der Waals surface area contributed by atoms with Gasteiger partial charge in [-0.3, -0.25) is 4.79 Å².